The molecule has 1 saturated carbocycles. The van der Waals surface area contributed by atoms with Crippen LogP contribution in [0.25, 0.3) is 0 Å². The van der Waals surface area contributed by atoms with E-state index in [9.17, 15) is 0 Å². The van der Waals surface area contributed by atoms with Crippen LogP contribution >= 0.6 is 0 Å². The quantitative estimate of drug-likeness (QED) is 0.545. The molecule has 2 unspecified atom stereocenters. The molecule has 0 aliphatic heterocycles. The molecule has 0 aromatic carbocycles. The highest BCUT2D eigenvalue weighted by atomic mass is 16.2. The Kier molecular flexibility index (Phi) is 7.87. The molecule has 102 valence electrons. The van der Waals surface area contributed by atoms with Gasteiger partial charge < -0.3 is 10.0 Å². The lowest BCUT2D eigenvalue weighted by molar-refractivity contribution is 0.151. The van der Waals surface area contributed by atoms with Crippen molar-refractivity contribution < 1.29 is 5.11 Å². The topological polar surface area (TPSA) is 23.5 Å². The molecule has 2 atom stereocenters. The first-order chi connectivity index (χ1) is 8.29. The van der Waals surface area contributed by atoms with Gasteiger partial charge >= 0.3 is 0 Å². The molecule has 1 rings (SSSR count). The van der Waals surface area contributed by atoms with Crippen molar-refractivity contribution in [3.8, 4) is 0 Å². The smallest absolute Gasteiger partial charge is 0.0431 e. The SMILES string of the molecule is CCCC1CCCCCC1N(C)CCCCO. The molecule has 0 bridgehead atoms. The second kappa shape index (κ2) is 8.93. The summed E-state index contributed by atoms with van der Waals surface area (Å²) in [6.07, 6.45) is 11.9. The summed E-state index contributed by atoms with van der Waals surface area (Å²) >= 11 is 0. The van der Waals surface area contributed by atoms with E-state index in [1.807, 2.05) is 0 Å². The molecule has 0 amide bonds. The minimum Gasteiger partial charge on any atom is -0.396 e. The predicted octanol–water partition coefficient (Wildman–Crippen LogP) is 3.44. The van der Waals surface area contributed by atoms with Crippen molar-refractivity contribution in [2.45, 2.75) is 70.8 Å². The van der Waals surface area contributed by atoms with E-state index < -0.39 is 0 Å². The fourth-order valence-corrected chi connectivity index (χ4v) is 3.29. The van der Waals surface area contributed by atoms with Crippen LogP contribution in [0.4, 0.5) is 0 Å². The highest BCUT2D eigenvalue weighted by Crippen LogP contribution is 2.30. The molecule has 0 spiro atoms. The number of aliphatic hydroxyl groups is 1. The fourth-order valence-electron chi connectivity index (χ4n) is 3.29. The molecule has 0 saturated heterocycles. The molecule has 1 fully saturated rings. The molecule has 0 radical (unpaired) electrons. The van der Waals surface area contributed by atoms with Gasteiger partial charge in [-0.25, -0.2) is 0 Å². The Labute approximate surface area is 107 Å². The molecule has 17 heavy (non-hydrogen) atoms. The van der Waals surface area contributed by atoms with Crippen LogP contribution in [0.1, 0.15) is 64.7 Å². The second-order valence-electron chi connectivity index (χ2n) is 5.67. The van der Waals surface area contributed by atoms with Gasteiger partial charge in [0, 0.05) is 12.6 Å². The number of hydrogen-bond donors (Lipinski definition) is 1. The molecule has 2 heteroatoms. The standard InChI is InChI=1S/C15H31NO/c1-3-9-14-10-5-4-6-11-15(14)16(2)12-7-8-13-17/h14-15,17H,3-13H2,1-2H3. The van der Waals surface area contributed by atoms with Crippen molar-refractivity contribution in [3.05, 3.63) is 0 Å². The average molecular weight is 241 g/mol. The van der Waals surface area contributed by atoms with Gasteiger partial charge in [-0.05, 0) is 51.6 Å². The molecule has 1 aliphatic rings. The maximum Gasteiger partial charge on any atom is 0.0431 e. The predicted molar refractivity (Wildman–Crippen MR) is 74.2 cm³/mol. The summed E-state index contributed by atoms with van der Waals surface area (Å²) in [5.74, 6) is 0.918. The Hall–Kier alpha value is -0.0800. The van der Waals surface area contributed by atoms with Gasteiger partial charge in [-0.3, -0.25) is 0 Å². The van der Waals surface area contributed by atoms with Gasteiger partial charge in [0.25, 0.3) is 0 Å². The molecule has 0 aromatic heterocycles. The Balaban J connectivity index is 2.43. The summed E-state index contributed by atoms with van der Waals surface area (Å²) in [6.45, 7) is 3.82. The van der Waals surface area contributed by atoms with Gasteiger partial charge in [-0.1, -0.05) is 32.6 Å². The third-order valence-corrected chi connectivity index (χ3v) is 4.26. The zero-order valence-electron chi connectivity index (χ0n) is 11.8. The lowest BCUT2D eigenvalue weighted by atomic mass is 9.89. The van der Waals surface area contributed by atoms with Crippen LogP contribution in [0.3, 0.4) is 0 Å². The molecular formula is C15H31NO. The van der Waals surface area contributed by atoms with Crippen LogP contribution in [-0.2, 0) is 0 Å². The maximum absolute atomic E-state index is 8.85. The van der Waals surface area contributed by atoms with Crippen LogP contribution < -0.4 is 0 Å². The Morgan fingerprint density at radius 3 is 2.59 bits per heavy atom. The lowest BCUT2D eigenvalue weighted by Gasteiger charge is -2.33. The minimum absolute atomic E-state index is 0.344. The summed E-state index contributed by atoms with van der Waals surface area (Å²) in [5, 5.41) is 8.85. The molecule has 0 aromatic rings. The van der Waals surface area contributed by atoms with Crippen molar-refractivity contribution >= 4 is 0 Å². The van der Waals surface area contributed by atoms with Crippen molar-refractivity contribution in [3.63, 3.8) is 0 Å². The summed E-state index contributed by atoms with van der Waals surface area (Å²) in [7, 11) is 2.29. The largest absolute Gasteiger partial charge is 0.396 e. The van der Waals surface area contributed by atoms with Crippen molar-refractivity contribution in [1.29, 1.82) is 0 Å². The molecule has 1 aliphatic carbocycles. The Morgan fingerprint density at radius 1 is 1.12 bits per heavy atom. The van der Waals surface area contributed by atoms with Crippen molar-refractivity contribution in [2.24, 2.45) is 5.92 Å². The monoisotopic (exact) mass is 241 g/mol. The van der Waals surface area contributed by atoms with E-state index >= 15 is 0 Å². The Morgan fingerprint density at radius 2 is 1.88 bits per heavy atom. The first-order valence-corrected chi connectivity index (χ1v) is 7.60. The molecule has 0 heterocycles. The van der Waals surface area contributed by atoms with E-state index in [1.165, 1.54) is 44.9 Å². The summed E-state index contributed by atoms with van der Waals surface area (Å²) < 4.78 is 0. The number of unbranched alkanes of at least 4 members (excludes halogenated alkanes) is 1. The summed E-state index contributed by atoms with van der Waals surface area (Å²) in [6, 6.07) is 0.802. The van der Waals surface area contributed by atoms with Crippen molar-refractivity contribution in [2.75, 3.05) is 20.2 Å². The highest BCUT2D eigenvalue weighted by Gasteiger charge is 2.25. The maximum atomic E-state index is 8.85. The van der Waals surface area contributed by atoms with E-state index in [2.05, 4.69) is 18.9 Å². The van der Waals surface area contributed by atoms with Gasteiger partial charge in [-0.15, -0.1) is 0 Å². The third kappa shape index (κ3) is 5.39. The number of rotatable bonds is 7. The zero-order chi connectivity index (χ0) is 12.5. The number of nitrogens with zero attached hydrogens (tertiary/aromatic N) is 1. The highest BCUT2D eigenvalue weighted by molar-refractivity contribution is 4.80. The zero-order valence-corrected chi connectivity index (χ0v) is 11.8. The van der Waals surface area contributed by atoms with Crippen molar-refractivity contribution in [1.82, 2.24) is 4.90 Å². The lowest BCUT2D eigenvalue weighted by Crippen LogP contribution is -2.38. The third-order valence-electron chi connectivity index (χ3n) is 4.26. The van der Waals surface area contributed by atoms with Gasteiger partial charge in [0.05, 0.1) is 0 Å². The minimum atomic E-state index is 0.344. The normalized spacial score (nSPS) is 26.1. The van der Waals surface area contributed by atoms with E-state index in [-0.39, 0.29) is 0 Å². The van der Waals surface area contributed by atoms with Gasteiger partial charge in [0.15, 0.2) is 0 Å². The van der Waals surface area contributed by atoms with E-state index in [4.69, 9.17) is 5.11 Å². The van der Waals surface area contributed by atoms with Gasteiger partial charge in [0.2, 0.25) is 0 Å². The molecular weight excluding hydrogens is 210 g/mol. The summed E-state index contributed by atoms with van der Waals surface area (Å²) in [5.41, 5.74) is 0. The fraction of sp³-hybridized carbons (Fsp3) is 1.00. The number of aliphatic hydroxyl groups excluding tert-OH is 1. The first-order valence-electron chi connectivity index (χ1n) is 7.60. The van der Waals surface area contributed by atoms with Crippen LogP contribution in [0.2, 0.25) is 0 Å². The summed E-state index contributed by atoms with van der Waals surface area (Å²) in [4.78, 5) is 2.57. The van der Waals surface area contributed by atoms with Crippen LogP contribution in [0.15, 0.2) is 0 Å². The van der Waals surface area contributed by atoms with E-state index in [0.29, 0.717) is 6.61 Å². The van der Waals surface area contributed by atoms with Crippen LogP contribution in [0, 0.1) is 5.92 Å². The average Bonchev–Trinajstić information content (AvgIpc) is 2.55. The first kappa shape index (κ1) is 15.0. The Bertz CT molecular complexity index is 184. The van der Waals surface area contributed by atoms with E-state index in [0.717, 1.165) is 31.3 Å². The number of hydrogen-bond acceptors (Lipinski definition) is 2. The molecule has 2 nitrogen and oxygen atoms in total. The van der Waals surface area contributed by atoms with Gasteiger partial charge in [-0.2, -0.15) is 0 Å². The van der Waals surface area contributed by atoms with E-state index in [1.54, 1.807) is 0 Å². The molecule has 1 N–H and O–H groups in total. The van der Waals surface area contributed by atoms with Crippen LogP contribution in [0.5, 0.6) is 0 Å². The van der Waals surface area contributed by atoms with Gasteiger partial charge in [0.1, 0.15) is 0 Å². The second-order valence-corrected chi connectivity index (χ2v) is 5.67. The van der Waals surface area contributed by atoms with Crippen LogP contribution in [-0.4, -0.2) is 36.2 Å².